The average Bonchev–Trinajstić information content (AvgIpc) is 2.78. The van der Waals surface area contributed by atoms with Gasteiger partial charge in [0.2, 0.25) is 5.91 Å². The molecular formula is C21H20FN3O5S. The van der Waals surface area contributed by atoms with E-state index in [4.69, 9.17) is 9.47 Å². The number of nitrogens with zero attached hydrogens (tertiary/aromatic N) is 2. The predicted octanol–water partition coefficient (Wildman–Crippen LogP) is 3.07. The molecule has 0 bridgehead atoms. The summed E-state index contributed by atoms with van der Waals surface area (Å²) in [6, 6.07) is 12.4. The van der Waals surface area contributed by atoms with Gasteiger partial charge < -0.3 is 14.8 Å². The van der Waals surface area contributed by atoms with Crippen molar-refractivity contribution in [3.05, 3.63) is 72.8 Å². The van der Waals surface area contributed by atoms with E-state index < -0.39 is 28.3 Å². The summed E-state index contributed by atoms with van der Waals surface area (Å²) in [6.07, 6.45) is 2.61. The van der Waals surface area contributed by atoms with Gasteiger partial charge in [0.05, 0.1) is 19.9 Å². The zero-order valence-electron chi connectivity index (χ0n) is 16.8. The normalized spacial score (nSPS) is 10.9. The minimum Gasteiger partial charge on any atom is -0.493 e. The highest BCUT2D eigenvalue weighted by Crippen LogP contribution is 2.30. The van der Waals surface area contributed by atoms with Crippen LogP contribution >= 0.6 is 0 Å². The number of ether oxygens (including phenoxy) is 2. The molecule has 0 aliphatic heterocycles. The van der Waals surface area contributed by atoms with Gasteiger partial charge >= 0.3 is 0 Å². The fourth-order valence-electron chi connectivity index (χ4n) is 2.79. The number of methoxy groups -OCH3 is 2. The zero-order chi connectivity index (χ0) is 22.4. The van der Waals surface area contributed by atoms with Gasteiger partial charge in [-0.25, -0.2) is 12.8 Å². The minimum atomic E-state index is -4.13. The number of benzene rings is 2. The lowest BCUT2D eigenvalue weighted by Crippen LogP contribution is -2.38. The summed E-state index contributed by atoms with van der Waals surface area (Å²) >= 11 is 0. The van der Waals surface area contributed by atoms with Gasteiger partial charge in [0.1, 0.15) is 17.3 Å². The van der Waals surface area contributed by atoms with E-state index in [9.17, 15) is 17.6 Å². The first-order valence-corrected chi connectivity index (χ1v) is 10.5. The second-order valence-corrected chi connectivity index (χ2v) is 8.16. The SMILES string of the molecule is COc1ccc(NC(=O)CN(c2ccc(F)cc2)S(=O)(=O)c2cccnc2)cc1OC. The van der Waals surface area contributed by atoms with Crippen molar-refractivity contribution in [1.29, 1.82) is 0 Å². The van der Waals surface area contributed by atoms with Crippen molar-refractivity contribution in [2.24, 2.45) is 0 Å². The standard InChI is InChI=1S/C21H20FN3O5S/c1-29-19-10-7-16(12-20(19)30-2)24-21(26)14-25(17-8-5-15(22)6-9-17)31(27,28)18-4-3-11-23-13-18/h3-13H,14H2,1-2H3,(H,24,26). The first-order valence-electron chi connectivity index (χ1n) is 9.05. The van der Waals surface area contributed by atoms with E-state index in [0.717, 1.165) is 16.4 Å². The molecule has 0 unspecified atom stereocenters. The molecule has 8 nitrogen and oxygen atoms in total. The molecule has 1 amide bonds. The quantitative estimate of drug-likeness (QED) is 0.572. The van der Waals surface area contributed by atoms with Crippen LogP contribution in [0.3, 0.4) is 0 Å². The number of carbonyl (C=O) groups is 1. The lowest BCUT2D eigenvalue weighted by molar-refractivity contribution is -0.114. The molecular weight excluding hydrogens is 425 g/mol. The Labute approximate surface area is 179 Å². The van der Waals surface area contributed by atoms with Crippen LogP contribution in [0.4, 0.5) is 15.8 Å². The van der Waals surface area contributed by atoms with Gasteiger partial charge in [0.25, 0.3) is 10.0 Å². The third-order valence-corrected chi connectivity index (χ3v) is 6.05. The Kier molecular flexibility index (Phi) is 6.71. The maximum absolute atomic E-state index is 13.4. The highest BCUT2D eigenvalue weighted by Gasteiger charge is 2.27. The fourth-order valence-corrected chi connectivity index (χ4v) is 4.18. The Balaban J connectivity index is 1.90. The van der Waals surface area contributed by atoms with Crippen LogP contribution in [-0.4, -0.2) is 40.1 Å². The van der Waals surface area contributed by atoms with Crippen molar-refractivity contribution in [1.82, 2.24) is 4.98 Å². The van der Waals surface area contributed by atoms with Gasteiger partial charge in [-0.15, -0.1) is 0 Å². The molecule has 1 aromatic heterocycles. The number of sulfonamides is 1. The van der Waals surface area contributed by atoms with Crippen LogP contribution in [0.1, 0.15) is 0 Å². The minimum absolute atomic E-state index is 0.0989. The van der Waals surface area contributed by atoms with Crippen LogP contribution in [0.25, 0.3) is 0 Å². The van der Waals surface area contributed by atoms with E-state index >= 15 is 0 Å². The van der Waals surface area contributed by atoms with Crippen LogP contribution in [0.2, 0.25) is 0 Å². The van der Waals surface area contributed by atoms with Crippen molar-refractivity contribution < 1.29 is 27.1 Å². The predicted molar refractivity (Wildman–Crippen MR) is 113 cm³/mol. The van der Waals surface area contributed by atoms with Gasteiger partial charge in [0, 0.05) is 24.1 Å². The molecule has 0 saturated heterocycles. The van der Waals surface area contributed by atoms with E-state index in [1.54, 1.807) is 18.2 Å². The molecule has 1 heterocycles. The lowest BCUT2D eigenvalue weighted by Gasteiger charge is -2.24. The highest BCUT2D eigenvalue weighted by atomic mass is 32.2. The topological polar surface area (TPSA) is 97.8 Å². The number of carbonyl (C=O) groups excluding carboxylic acids is 1. The van der Waals surface area contributed by atoms with Gasteiger partial charge in [-0.1, -0.05) is 0 Å². The molecule has 0 radical (unpaired) electrons. The van der Waals surface area contributed by atoms with Gasteiger partial charge in [-0.05, 0) is 48.5 Å². The average molecular weight is 445 g/mol. The second kappa shape index (κ2) is 9.43. The number of amides is 1. The first kappa shape index (κ1) is 22.0. The monoisotopic (exact) mass is 445 g/mol. The Morgan fingerprint density at radius 2 is 1.77 bits per heavy atom. The summed E-state index contributed by atoms with van der Waals surface area (Å²) in [7, 11) is -1.19. The number of aromatic nitrogens is 1. The summed E-state index contributed by atoms with van der Waals surface area (Å²) in [4.78, 5) is 16.4. The Bertz CT molecular complexity index is 1160. The second-order valence-electron chi connectivity index (χ2n) is 6.29. The number of nitrogens with one attached hydrogen (secondary N) is 1. The van der Waals surface area contributed by atoms with Crippen LogP contribution in [0.5, 0.6) is 11.5 Å². The number of rotatable bonds is 8. The summed E-state index contributed by atoms with van der Waals surface area (Å²) in [5.74, 6) is -0.257. The highest BCUT2D eigenvalue weighted by molar-refractivity contribution is 7.92. The molecule has 0 atom stereocenters. The van der Waals surface area contributed by atoms with Crippen molar-refractivity contribution in [2.75, 3.05) is 30.4 Å². The molecule has 2 aromatic carbocycles. The number of pyridine rings is 1. The molecule has 1 N–H and O–H groups in total. The third-order valence-electron chi connectivity index (χ3n) is 4.29. The molecule has 0 saturated carbocycles. The number of anilines is 2. The molecule has 162 valence electrons. The van der Waals surface area contributed by atoms with Crippen LogP contribution in [0, 0.1) is 5.82 Å². The van der Waals surface area contributed by atoms with Crippen molar-refractivity contribution in [3.8, 4) is 11.5 Å². The van der Waals surface area contributed by atoms with Crippen molar-refractivity contribution in [3.63, 3.8) is 0 Å². The first-order chi connectivity index (χ1) is 14.8. The molecule has 31 heavy (non-hydrogen) atoms. The maximum atomic E-state index is 13.4. The lowest BCUT2D eigenvalue weighted by atomic mass is 10.2. The summed E-state index contributed by atoms with van der Waals surface area (Å²) in [5, 5.41) is 2.63. The zero-order valence-corrected chi connectivity index (χ0v) is 17.6. The largest absolute Gasteiger partial charge is 0.493 e. The van der Waals surface area contributed by atoms with E-state index in [1.165, 1.54) is 50.9 Å². The molecule has 0 aliphatic carbocycles. The molecule has 3 rings (SSSR count). The molecule has 0 aliphatic rings. The summed E-state index contributed by atoms with van der Waals surface area (Å²) in [5.41, 5.74) is 0.521. The number of hydrogen-bond donors (Lipinski definition) is 1. The summed E-state index contributed by atoms with van der Waals surface area (Å²) in [6.45, 7) is -0.544. The van der Waals surface area contributed by atoms with Gasteiger partial charge in [-0.3, -0.25) is 14.1 Å². The fraction of sp³-hybridized carbons (Fsp3) is 0.143. The van der Waals surface area contributed by atoms with E-state index in [1.807, 2.05) is 0 Å². The number of hydrogen-bond acceptors (Lipinski definition) is 6. The van der Waals surface area contributed by atoms with Crippen LogP contribution in [0.15, 0.2) is 71.9 Å². The van der Waals surface area contributed by atoms with Gasteiger partial charge in [0.15, 0.2) is 11.5 Å². The number of halogens is 1. The van der Waals surface area contributed by atoms with Crippen molar-refractivity contribution >= 4 is 27.3 Å². The molecule has 3 aromatic rings. The Morgan fingerprint density at radius 3 is 2.39 bits per heavy atom. The molecule has 0 fully saturated rings. The maximum Gasteiger partial charge on any atom is 0.266 e. The Morgan fingerprint density at radius 1 is 1.06 bits per heavy atom. The van der Waals surface area contributed by atoms with Crippen molar-refractivity contribution in [2.45, 2.75) is 4.90 Å². The van der Waals surface area contributed by atoms with E-state index in [2.05, 4.69) is 10.3 Å². The smallest absolute Gasteiger partial charge is 0.266 e. The summed E-state index contributed by atoms with van der Waals surface area (Å²) < 4.78 is 51.0. The van der Waals surface area contributed by atoms with E-state index in [0.29, 0.717) is 17.2 Å². The Hall–Kier alpha value is -3.66. The van der Waals surface area contributed by atoms with Crippen LogP contribution < -0.4 is 19.1 Å². The van der Waals surface area contributed by atoms with Crippen LogP contribution in [-0.2, 0) is 14.8 Å². The van der Waals surface area contributed by atoms with Gasteiger partial charge in [-0.2, -0.15) is 0 Å². The van der Waals surface area contributed by atoms with E-state index in [-0.39, 0.29) is 10.6 Å². The molecule has 0 spiro atoms. The third kappa shape index (κ3) is 5.10. The molecule has 10 heteroatoms.